The zero-order valence-corrected chi connectivity index (χ0v) is 18.2. The average molecular weight is 398 g/mol. The van der Waals surface area contributed by atoms with Crippen LogP contribution in [0.2, 0.25) is 0 Å². The topological polar surface area (TPSA) is 39.7 Å². The molecule has 0 aliphatic carbocycles. The number of unbranched alkanes of at least 4 members (excludes halogenated alkanes) is 2. The number of anilines is 1. The first-order valence-electron chi connectivity index (χ1n) is 10.9. The minimum absolute atomic E-state index is 0.140. The lowest BCUT2D eigenvalue weighted by molar-refractivity contribution is -0.161. The summed E-state index contributed by atoms with van der Waals surface area (Å²) in [5, 5.41) is 3.52. The van der Waals surface area contributed by atoms with Gasteiger partial charge in [-0.1, -0.05) is 50.1 Å². The number of benzene rings is 2. The largest absolute Gasteiger partial charge is 0.485 e. The van der Waals surface area contributed by atoms with Crippen LogP contribution in [0.1, 0.15) is 64.2 Å². The second-order valence-electron chi connectivity index (χ2n) is 8.17. The molecule has 0 spiro atoms. The Morgan fingerprint density at radius 2 is 1.79 bits per heavy atom. The highest BCUT2D eigenvalue weighted by Gasteiger charge is 2.45. The fraction of sp³-hybridized carbons (Fsp3) is 0.520. The molecule has 2 unspecified atom stereocenters. The lowest BCUT2D eigenvalue weighted by atomic mass is 9.87. The summed E-state index contributed by atoms with van der Waals surface area (Å²) in [5.74, 6) is 0.882. The Hall–Kier alpha value is -2.04. The molecule has 29 heavy (non-hydrogen) atoms. The van der Waals surface area contributed by atoms with Crippen LogP contribution >= 0.6 is 0 Å². The fourth-order valence-electron chi connectivity index (χ4n) is 3.85. The van der Waals surface area contributed by atoms with Crippen LogP contribution < -0.4 is 10.1 Å². The van der Waals surface area contributed by atoms with Crippen molar-refractivity contribution in [1.82, 2.24) is 0 Å². The van der Waals surface area contributed by atoms with E-state index in [1.165, 1.54) is 18.4 Å². The zero-order valence-electron chi connectivity index (χ0n) is 18.2. The van der Waals surface area contributed by atoms with Crippen LogP contribution in [0.25, 0.3) is 0 Å². The predicted octanol–water partition coefficient (Wildman–Crippen LogP) is 6.12. The van der Waals surface area contributed by atoms with Gasteiger partial charge in [0.2, 0.25) is 0 Å². The number of hydrogen-bond donors (Lipinski definition) is 1. The maximum Gasteiger partial charge on any atom is 0.132 e. The van der Waals surface area contributed by atoms with Crippen molar-refractivity contribution in [2.45, 2.75) is 71.3 Å². The summed E-state index contributed by atoms with van der Waals surface area (Å²) in [5.41, 5.74) is 2.93. The van der Waals surface area contributed by atoms with Gasteiger partial charge < -0.3 is 19.5 Å². The summed E-state index contributed by atoms with van der Waals surface area (Å²) in [7, 11) is 0. The standard InChI is InChI=1S/C25H35NO3/c1-5-7-11-16-28-24-23(27-6-2)21-17-20(14-15-22(21)29-25(24,3)4)26-18-19-12-9-8-10-13-19/h8-10,12-15,17,23-24,26H,5-7,11,16,18H2,1-4H3. The summed E-state index contributed by atoms with van der Waals surface area (Å²) in [6.45, 7) is 10.6. The molecule has 0 saturated heterocycles. The van der Waals surface area contributed by atoms with Crippen LogP contribution in [-0.2, 0) is 16.0 Å². The van der Waals surface area contributed by atoms with Crippen molar-refractivity contribution >= 4 is 5.69 Å². The lowest BCUT2D eigenvalue weighted by Crippen LogP contribution is -2.51. The molecule has 0 aromatic heterocycles. The molecule has 1 aliphatic rings. The summed E-state index contributed by atoms with van der Waals surface area (Å²) < 4.78 is 18.9. The van der Waals surface area contributed by atoms with Gasteiger partial charge in [0.15, 0.2) is 0 Å². The van der Waals surface area contributed by atoms with Crippen molar-refractivity contribution in [1.29, 1.82) is 0 Å². The Morgan fingerprint density at radius 3 is 2.52 bits per heavy atom. The molecule has 2 atom stereocenters. The number of fused-ring (bicyclic) bond motifs is 1. The third-order valence-corrected chi connectivity index (χ3v) is 5.38. The van der Waals surface area contributed by atoms with Crippen LogP contribution in [-0.4, -0.2) is 24.9 Å². The summed E-state index contributed by atoms with van der Waals surface area (Å²) in [4.78, 5) is 0. The van der Waals surface area contributed by atoms with Crippen LogP contribution in [0.15, 0.2) is 48.5 Å². The second-order valence-corrected chi connectivity index (χ2v) is 8.17. The van der Waals surface area contributed by atoms with E-state index in [-0.39, 0.29) is 12.2 Å². The molecule has 3 rings (SSSR count). The van der Waals surface area contributed by atoms with E-state index in [2.05, 4.69) is 62.5 Å². The van der Waals surface area contributed by atoms with Gasteiger partial charge in [-0.25, -0.2) is 0 Å². The molecular weight excluding hydrogens is 362 g/mol. The molecule has 0 amide bonds. The first-order valence-corrected chi connectivity index (χ1v) is 10.9. The summed E-state index contributed by atoms with van der Waals surface area (Å²) >= 11 is 0. The monoisotopic (exact) mass is 397 g/mol. The molecule has 0 fully saturated rings. The van der Waals surface area contributed by atoms with Gasteiger partial charge in [0, 0.05) is 31.0 Å². The van der Waals surface area contributed by atoms with Crippen molar-refractivity contribution in [2.75, 3.05) is 18.5 Å². The van der Waals surface area contributed by atoms with Crippen LogP contribution in [0.4, 0.5) is 5.69 Å². The van der Waals surface area contributed by atoms with Crippen molar-refractivity contribution in [3.05, 3.63) is 59.7 Å². The van der Waals surface area contributed by atoms with E-state index in [4.69, 9.17) is 14.2 Å². The summed E-state index contributed by atoms with van der Waals surface area (Å²) in [6.07, 6.45) is 3.14. The molecule has 4 heteroatoms. The second kappa shape index (κ2) is 10.1. The van der Waals surface area contributed by atoms with Crippen molar-refractivity contribution in [3.63, 3.8) is 0 Å². The molecule has 2 aromatic carbocycles. The van der Waals surface area contributed by atoms with E-state index >= 15 is 0 Å². The first kappa shape index (κ1) is 21.7. The van der Waals surface area contributed by atoms with E-state index in [1.54, 1.807) is 0 Å². The van der Waals surface area contributed by atoms with E-state index in [9.17, 15) is 0 Å². The molecule has 4 nitrogen and oxygen atoms in total. The van der Waals surface area contributed by atoms with Crippen molar-refractivity contribution < 1.29 is 14.2 Å². The Morgan fingerprint density at radius 1 is 1.00 bits per heavy atom. The molecular formula is C25H35NO3. The average Bonchev–Trinajstić information content (AvgIpc) is 2.72. The predicted molar refractivity (Wildman–Crippen MR) is 119 cm³/mol. The van der Waals surface area contributed by atoms with Gasteiger partial charge in [-0.15, -0.1) is 0 Å². The molecule has 0 bridgehead atoms. The van der Waals surface area contributed by atoms with E-state index in [1.807, 2.05) is 19.1 Å². The van der Waals surface area contributed by atoms with E-state index < -0.39 is 5.60 Å². The molecule has 1 aliphatic heterocycles. The highest BCUT2D eigenvalue weighted by atomic mass is 16.6. The number of ether oxygens (including phenoxy) is 3. The maximum atomic E-state index is 6.35. The Balaban J connectivity index is 1.79. The van der Waals surface area contributed by atoms with Crippen LogP contribution in [0.5, 0.6) is 5.75 Å². The summed E-state index contributed by atoms with van der Waals surface area (Å²) in [6, 6.07) is 16.7. The number of hydrogen-bond acceptors (Lipinski definition) is 4. The minimum atomic E-state index is -0.446. The maximum absolute atomic E-state index is 6.35. The van der Waals surface area contributed by atoms with Crippen molar-refractivity contribution in [3.8, 4) is 5.75 Å². The van der Waals surface area contributed by atoms with E-state index in [0.29, 0.717) is 6.61 Å². The zero-order chi connectivity index (χ0) is 20.7. The lowest BCUT2D eigenvalue weighted by Gasteiger charge is -2.44. The Bertz CT molecular complexity index is 760. The molecule has 1 heterocycles. The van der Waals surface area contributed by atoms with Crippen LogP contribution in [0, 0.1) is 0 Å². The molecule has 1 N–H and O–H groups in total. The SMILES string of the molecule is CCCCCOC1C(OCC)c2cc(NCc3ccccc3)ccc2OC1(C)C. The van der Waals surface area contributed by atoms with Gasteiger partial charge in [0.05, 0.1) is 0 Å². The van der Waals surface area contributed by atoms with Gasteiger partial charge in [-0.3, -0.25) is 0 Å². The fourth-order valence-corrected chi connectivity index (χ4v) is 3.85. The molecule has 2 aromatic rings. The molecule has 158 valence electrons. The van der Waals surface area contributed by atoms with Gasteiger partial charge in [-0.05, 0) is 51.0 Å². The van der Waals surface area contributed by atoms with Gasteiger partial charge >= 0.3 is 0 Å². The normalized spacial score (nSPS) is 20.0. The van der Waals surface area contributed by atoms with Crippen molar-refractivity contribution in [2.24, 2.45) is 0 Å². The van der Waals surface area contributed by atoms with Gasteiger partial charge in [0.25, 0.3) is 0 Å². The first-order chi connectivity index (χ1) is 14.0. The third-order valence-electron chi connectivity index (χ3n) is 5.38. The Kier molecular flexibility index (Phi) is 7.57. The molecule has 0 saturated carbocycles. The number of nitrogens with one attached hydrogen (secondary N) is 1. The van der Waals surface area contributed by atoms with Gasteiger partial charge in [0.1, 0.15) is 23.6 Å². The highest BCUT2D eigenvalue weighted by molar-refractivity contribution is 5.53. The Labute approximate surface area is 175 Å². The smallest absolute Gasteiger partial charge is 0.132 e. The minimum Gasteiger partial charge on any atom is -0.485 e. The quantitative estimate of drug-likeness (QED) is 0.490. The van der Waals surface area contributed by atoms with E-state index in [0.717, 1.165) is 36.6 Å². The third kappa shape index (κ3) is 5.52. The highest BCUT2D eigenvalue weighted by Crippen LogP contribution is 2.44. The number of rotatable bonds is 10. The van der Waals surface area contributed by atoms with Crippen LogP contribution in [0.3, 0.4) is 0 Å². The van der Waals surface area contributed by atoms with Gasteiger partial charge in [-0.2, -0.15) is 0 Å². The molecule has 0 radical (unpaired) electrons.